The topological polar surface area (TPSA) is 93.0 Å². The maximum absolute atomic E-state index is 11.2. The molecule has 1 aromatic rings. The highest BCUT2D eigenvalue weighted by Gasteiger charge is 2.26. The van der Waals surface area contributed by atoms with Crippen LogP contribution in [0.5, 0.6) is 0 Å². The molecule has 0 aromatic carbocycles. The summed E-state index contributed by atoms with van der Waals surface area (Å²) in [6.07, 6.45) is 3.28. The highest BCUT2D eigenvalue weighted by atomic mass is 32.2. The highest BCUT2D eigenvalue weighted by Crippen LogP contribution is 2.04. The molecule has 0 fully saturated rings. The summed E-state index contributed by atoms with van der Waals surface area (Å²) in [7, 11) is -2.35. The predicted octanol–water partition coefficient (Wildman–Crippen LogP) is -0.127. The van der Waals surface area contributed by atoms with E-state index in [1.807, 2.05) is 0 Å². The Hall–Kier alpha value is -1.96. The average molecular weight is 254 g/mol. The maximum atomic E-state index is 11.2. The Kier molecular flexibility index (Phi) is 3.05. The van der Waals surface area contributed by atoms with Gasteiger partial charge in [0.15, 0.2) is 0 Å². The number of methoxy groups -OCH3 is 1. The fraction of sp³-hybridized carbons (Fsp3) is 0.222. The SMILES string of the molecule is COC1=NS(=O)(=O)NC1=NCc1ccncc1. The standard InChI is InChI=1S/C9H10N4O3S/c1-16-9-8(12-17(14,15)13-9)11-6-7-2-4-10-5-3-7/h2-5H,6H2,1H3,(H,11,12). The van der Waals surface area contributed by atoms with Crippen LogP contribution in [0.3, 0.4) is 0 Å². The molecular weight excluding hydrogens is 244 g/mol. The lowest BCUT2D eigenvalue weighted by molar-refractivity contribution is 0.412. The number of hydrogen-bond acceptors (Lipinski definition) is 5. The van der Waals surface area contributed by atoms with Gasteiger partial charge >= 0.3 is 10.2 Å². The van der Waals surface area contributed by atoms with Gasteiger partial charge in [0, 0.05) is 12.4 Å². The Morgan fingerprint density at radius 2 is 2.12 bits per heavy atom. The Morgan fingerprint density at radius 1 is 1.41 bits per heavy atom. The number of rotatable bonds is 2. The van der Waals surface area contributed by atoms with Gasteiger partial charge in [0.2, 0.25) is 5.84 Å². The summed E-state index contributed by atoms with van der Waals surface area (Å²) >= 11 is 0. The van der Waals surface area contributed by atoms with Crippen LogP contribution in [-0.4, -0.2) is 32.2 Å². The second kappa shape index (κ2) is 4.50. The molecule has 1 aromatic heterocycles. The van der Waals surface area contributed by atoms with Crippen molar-refractivity contribution in [3.63, 3.8) is 0 Å². The van der Waals surface area contributed by atoms with Crippen LogP contribution >= 0.6 is 0 Å². The first-order valence-electron chi connectivity index (χ1n) is 4.71. The minimum Gasteiger partial charge on any atom is -0.478 e. The first kappa shape index (κ1) is 11.5. The molecule has 1 aliphatic heterocycles. The summed E-state index contributed by atoms with van der Waals surface area (Å²) in [6, 6.07) is 3.58. The minimum absolute atomic E-state index is 0.0287. The number of aliphatic imine (C=N–C) groups is 1. The number of aromatic nitrogens is 1. The van der Waals surface area contributed by atoms with Gasteiger partial charge in [0.1, 0.15) is 0 Å². The molecule has 2 heterocycles. The molecule has 0 atom stereocenters. The molecule has 0 radical (unpaired) electrons. The number of amidine groups is 1. The van der Waals surface area contributed by atoms with E-state index in [1.54, 1.807) is 24.5 Å². The van der Waals surface area contributed by atoms with E-state index in [-0.39, 0.29) is 11.7 Å². The quantitative estimate of drug-likeness (QED) is 0.795. The summed E-state index contributed by atoms with van der Waals surface area (Å²) in [5.74, 6) is 0.0865. The van der Waals surface area contributed by atoms with E-state index in [9.17, 15) is 8.42 Å². The van der Waals surface area contributed by atoms with Crippen molar-refractivity contribution in [1.29, 1.82) is 0 Å². The molecular formula is C9H10N4O3S. The van der Waals surface area contributed by atoms with Gasteiger partial charge in [-0.2, -0.15) is 8.42 Å². The summed E-state index contributed by atoms with van der Waals surface area (Å²) < 4.78 is 32.6. The van der Waals surface area contributed by atoms with Crippen LogP contribution in [-0.2, 0) is 21.5 Å². The zero-order valence-corrected chi connectivity index (χ0v) is 9.81. The van der Waals surface area contributed by atoms with Gasteiger partial charge in [0.25, 0.3) is 5.90 Å². The lowest BCUT2D eigenvalue weighted by Crippen LogP contribution is -2.27. The molecule has 0 amide bonds. The van der Waals surface area contributed by atoms with Gasteiger partial charge in [-0.1, -0.05) is 0 Å². The number of pyridine rings is 1. The first-order chi connectivity index (χ1) is 8.11. The van der Waals surface area contributed by atoms with Crippen molar-refractivity contribution in [3.8, 4) is 0 Å². The molecule has 8 heteroatoms. The van der Waals surface area contributed by atoms with Gasteiger partial charge in [0.05, 0.1) is 13.7 Å². The normalized spacial score (nSPS) is 19.8. The lowest BCUT2D eigenvalue weighted by Gasteiger charge is -2.00. The Bertz CT molecular complexity index is 565. The largest absolute Gasteiger partial charge is 0.478 e. The lowest BCUT2D eigenvalue weighted by atomic mass is 10.3. The molecule has 0 saturated heterocycles. The first-order valence-corrected chi connectivity index (χ1v) is 6.15. The number of nitrogens with one attached hydrogen (secondary N) is 1. The second-order valence-corrected chi connectivity index (χ2v) is 4.53. The smallest absolute Gasteiger partial charge is 0.347 e. The van der Waals surface area contributed by atoms with Crippen molar-refractivity contribution >= 4 is 21.9 Å². The van der Waals surface area contributed by atoms with Gasteiger partial charge in [-0.3, -0.25) is 9.98 Å². The summed E-state index contributed by atoms with van der Waals surface area (Å²) in [4.78, 5) is 7.96. The van der Waals surface area contributed by atoms with Crippen LogP contribution in [0.15, 0.2) is 33.9 Å². The molecule has 1 aliphatic rings. The van der Waals surface area contributed by atoms with E-state index >= 15 is 0 Å². The third-order valence-corrected chi connectivity index (χ3v) is 2.85. The van der Waals surface area contributed by atoms with Crippen LogP contribution in [0.1, 0.15) is 5.56 Å². The van der Waals surface area contributed by atoms with Gasteiger partial charge in [-0.15, -0.1) is 4.40 Å². The molecule has 0 saturated carbocycles. The molecule has 0 unspecified atom stereocenters. The fourth-order valence-corrected chi connectivity index (χ4v) is 2.05. The molecule has 1 N–H and O–H groups in total. The van der Waals surface area contributed by atoms with E-state index in [1.165, 1.54) is 7.11 Å². The van der Waals surface area contributed by atoms with E-state index in [2.05, 4.69) is 19.1 Å². The molecule has 2 rings (SSSR count). The third kappa shape index (κ3) is 2.78. The van der Waals surface area contributed by atoms with Crippen molar-refractivity contribution in [2.24, 2.45) is 9.39 Å². The molecule has 90 valence electrons. The number of ether oxygens (including phenoxy) is 1. The van der Waals surface area contributed by atoms with Crippen molar-refractivity contribution in [3.05, 3.63) is 30.1 Å². The van der Waals surface area contributed by atoms with Crippen LogP contribution < -0.4 is 4.72 Å². The zero-order chi connectivity index (χ0) is 12.3. The highest BCUT2D eigenvalue weighted by molar-refractivity contribution is 7.89. The molecule has 0 aliphatic carbocycles. The van der Waals surface area contributed by atoms with E-state index in [0.29, 0.717) is 6.54 Å². The summed E-state index contributed by atoms with van der Waals surface area (Å²) in [6.45, 7) is 0.322. The zero-order valence-electron chi connectivity index (χ0n) is 8.99. The van der Waals surface area contributed by atoms with Gasteiger partial charge < -0.3 is 4.74 Å². The second-order valence-electron chi connectivity index (χ2n) is 3.20. The maximum Gasteiger partial charge on any atom is 0.347 e. The Balaban J connectivity index is 2.17. The number of nitrogens with zero attached hydrogens (tertiary/aromatic N) is 3. The van der Waals surface area contributed by atoms with E-state index in [4.69, 9.17) is 4.74 Å². The third-order valence-electron chi connectivity index (χ3n) is 1.99. The Morgan fingerprint density at radius 3 is 2.76 bits per heavy atom. The average Bonchev–Trinajstić information content (AvgIpc) is 2.63. The van der Waals surface area contributed by atoms with E-state index < -0.39 is 10.2 Å². The summed E-state index contributed by atoms with van der Waals surface area (Å²) in [5.41, 5.74) is 0.911. The van der Waals surface area contributed by atoms with E-state index in [0.717, 1.165) is 5.56 Å². The van der Waals surface area contributed by atoms with Gasteiger partial charge in [-0.25, -0.2) is 4.72 Å². The van der Waals surface area contributed by atoms with Crippen molar-refractivity contribution in [2.45, 2.75) is 6.54 Å². The minimum atomic E-state index is -3.69. The Labute approximate surface area is 98.5 Å². The predicted molar refractivity (Wildman–Crippen MR) is 61.9 cm³/mol. The monoisotopic (exact) mass is 254 g/mol. The van der Waals surface area contributed by atoms with Crippen molar-refractivity contribution in [2.75, 3.05) is 7.11 Å². The van der Waals surface area contributed by atoms with Crippen LogP contribution in [0.2, 0.25) is 0 Å². The van der Waals surface area contributed by atoms with Crippen LogP contribution in [0.4, 0.5) is 0 Å². The molecule has 17 heavy (non-hydrogen) atoms. The van der Waals surface area contributed by atoms with Crippen molar-refractivity contribution in [1.82, 2.24) is 9.71 Å². The number of hydrogen-bond donors (Lipinski definition) is 1. The molecule has 0 bridgehead atoms. The molecule has 0 spiro atoms. The molecule has 7 nitrogen and oxygen atoms in total. The van der Waals surface area contributed by atoms with Crippen molar-refractivity contribution < 1.29 is 13.2 Å². The van der Waals surface area contributed by atoms with Gasteiger partial charge in [-0.05, 0) is 17.7 Å². The fourth-order valence-electron chi connectivity index (χ4n) is 1.23. The summed E-state index contributed by atoms with van der Waals surface area (Å²) in [5, 5.41) is 0. The van der Waals surface area contributed by atoms with Crippen LogP contribution in [0.25, 0.3) is 0 Å². The van der Waals surface area contributed by atoms with Crippen LogP contribution in [0, 0.1) is 0 Å².